The number of hydrogen-bond acceptors (Lipinski definition) is 18. The first-order valence-electron chi connectivity index (χ1n) is 32.9. The Balaban J connectivity index is 1.27. The monoisotopic (exact) mass is 1340 g/mol. The number of ether oxygens (including phenoxy) is 7. The summed E-state index contributed by atoms with van der Waals surface area (Å²) in [6.45, 7) is 1.43. The molecule has 20 heteroatoms. The van der Waals surface area contributed by atoms with Gasteiger partial charge in [0.15, 0.2) is 12.2 Å². The SMILES string of the molecule is CCCCCCCC(=O)OC[C@H](COP(=O)(OCc1ccccc1)O[C@H]1[C@H](OCc2ccccc2)[C@@H](OP(=O)(OCc2ccccc2)OCc2ccccc2)[C@H](OCc2ccccc2)[C@@H](OC(=O)OCc2ccccc2)[C@H]1OCc1ccccc1)OC(=O)CCCCCCC. The molecular weight excluding hydrogens is 1250 g/mol. The highest BCUT2D eigenvalue weighted by Crippen LogP contribution is 2.58. The molecule has 0 amide bonds. The zero-order valence-electron chi connectivity index (χ0n) is 54.3. The van der Waals surface area contributed by atoms with E-state index in [2.05, 4.69) is 13.8 Å². The van der Waals surface area contributed by atoms with Gasteiger partial charge in [0, 0.05) is 12.8 Å². The van der Waals surface area contributed by atoms with Crippen LogP contribution in [0, 0.1) is 0 Å². The molecule has 0 heterocycles. The predicted octanol–water partition coefficient (Wildman–Crippen LogP) is 17.3. The zero-order valence-corrected chi connectivity index (χ0v) is 56.1. The molecule has 1 unspecified atom stereocenters. The van der Waals surface area contributed by atoms with Crippen molar-refractivity contribution in [1.29, 1.82) is 0 Å². The van der Waals surface area contributed by atoms with Gasteiger partial charge >= 0.3 is 33.7 Å². The summed E-state index contributed by atoms with van der Waals surface area (Å²) in [4.78, 5) is 41.8. The van der Waals surface area contributed by atoms with E-state index >= 15 is 9.13 Å². The molecule has 7 aromatic rings. The van der Waals surface area contributed by atoms with Crippen molar-refractivity contribution in [3.63, 3.8) is 0 Å². The van der Waals surface area contributed by atoms with E-state index in [1.54, 1.807) is 97.1 Å². The van der Waals surface area contributed by atoms with Crippen molar-refractivity contribution in [1.82, 2.24) is 0 Å². The minimum atomic E-state index is -5.20. The van der Waals surface area contributed by atoms with Crippen LogP contribution in [0.1, 0.15) is 130 Å². The van der Waals surface area contributed by atoms with Crippen LogP contribution in [-0.2, 0) is 125 Å². The van der Waals surface area contributed by atoms with Crippen molar-refractivity contribution in [2.45, 2.75) is 180 Å². The molecule has 7 aromatic carbocycles. The average Bonchev–Trinajstić information content (AvgIpc) is 0.756. The van der Waals surface area contributed by atoms with Crippen LogP contribution in [0.5, 0.6) is 0 Å². The van der Waals surface area contributed by atoms with Crippen molar-refractivity contribution >= 4 is 33.7 Å². The van der Waals surface area contributed by atoms with E-state index in [-0.39, 0.29) is 59.1 Å². The molecule has 508 valence electrons. The second kappa shape index (κ2) is 41.1. The largest absolute Gasteiger partial charge is 0.509 e. The van der Waals surface area contributed by atoms with E-state index in [4.69, 9.17) is 60.3 Å². The van der Waals surface area contributed by atoms with Crippen molar-refractivity contribution < 1.29 is 83.8 Å². The highest BCUT2D eigenvalue weighted by atomic mass is 31.2. The quantitative estimate of drug-likeness (QED) is 0.0151. The molecule has 0 aliphatic heterocycles. The first kappa shape index (κ1) is 73.7. The van der Waals surface area contributed by atoms with Gasteiger partial charge in [-0.25, -0.2) is 13.9 Å². The molecular formula is C75H90O18P2. The minimum absolute atomic E-state index is 0.0608. The highest BCUT2D eigenvalue weighted by molar-refractivity contribution is 7.48. The fourth-order valence-electron chi connectivity index (χ4n) is 10.4. The Hall–Kier alpha value is -7.15. The summed E-state index contributed by atoms with van der Waals surface area (Å²) in [5.41, 5.74) is 4.45. The molecule has 1 aliphatic carbocycles. The molecule has 8 rings (SSSR count). The lowest BCUT2D eigenvalue weighted by Crippen LogP contribution is -2.67. The van der Waals surface area contributed by atoms with Gasteiger partial charge in [0.25, 0.3) is 0 Å². The van der Waals surface area contributed by atoms with Gasteiger partial charge in [0.05, 0.1) is 46.2 Å². The van der Waals surface area contributed by atoms with E-state index in [1.165, 1.54) is 0 Å². The summed E-state index contributed by atoms with van der Waals surface area (Å²) >= 11 is 0. The third-order valence-electron chi connectivity index (χ3n) is 15.5. The van der Waals surface area contributed by atoms with Gasteiger partial charge in [-0.15, -0.1) is 0 Å². The lowest BCUT2D eigenvalue weighted by atomic mass is 9.84. The van der Waals surface area contributed by atoms with Crippen molar-refractivity contribution in [3.8, 4) is 0 Å². The lowest BCUT2D eigenvalue weighted by Gasteiger charge is -2.49. The van der Waals surface area contributed by atoms with Gasteiger partial charge in [0.1, 0.15) is 43.7 Å². The fourth-order valence-corrected chi connectivity index (χ4v) is 13.2. The van der Waals surface area contributed by atoms with E-state index in [1.807, 2.05) is 115 Å². The van der Waals surface area contributed by atoms with Crippen LogP contribution in [0.25, 0.3) is 0 Å². The molecule has 0 saturated heterocycles. The van der Waals surface area contributed by atoms with Crippen molar-refractivity contribution in [2.75, 3.05) is 13.2 Å². The zero-order chi connectivity index (χ0) is 66.6. The number of carbonyl (C=O) groups is 3. The minimum Gasteiger partial charge on any atom is -0.462 e. The Labute approximate surface area is 559 Å². The molecule has 0 aromatic heterocycles. The summed E-state index contributed by atoms with van der Waals surface area (Å²) in [6.07, 6.45) is -3.59. The normalized spacial score (nSPS) is 18.0. The first-order chi connectivity index (χ1) is 46.5. The molecule has 0 N–H and O–H groups in total. The van der Waals surface area contributed by atoms with Crippen molar-refractivity contribution in [2.24, 2.45) is 0 Å². The third kappa shape index (κ3) is 26.4. The molecule has 1 aliphatic rings. The molecule has 0 radical (unpaired) electrons. The summed E-state index contributed by atoms with van der Waals surface area (Å²) in [5.74, 6) is -1.10. The maximum Gasteiger partial charge on any atom is 0.509 e. The highest BCUT2D eigenvalue weighted by Gasteiger charge is 2.60. The summed E-state index contributed by atoms with van der Waals surface area (Å²) in [6, 6.07) is 63.4. The van der Waals surface area contributed by atoms with Crippen LogP contribution >= 0.6 is 15.6 Å². The van der Waals surface area contributed by atoms with Crippen LogP contribution in [-0.4, -0.2) is 74.0 Å². The number of esters is 2. The summed E-state index contributed by atoms with van der Waals surface area (Å²) in [5, 5.41) is 0. The Kier molecular flexibility index (Phi) is 31.8. The average molecular weight is 1340 g/mol. The molecule has 1 fully saturated rings. The summed E-state index contributed by atoms with van der Waals surface area (Å²) < 4.78 is 117. The Morgan fingerprint density at radius 1 is 0.337 bits per heavy atom. The maximum atomic E-state index is 16.5. The van der Waals surface area contributed by atoms with Crippen LogP contribution in [0.2, 0.25) is 0 Å². The van der Waals surface area contributed by atoms with Gasteiger partial charge in [-0.2, -0.15) is 0 Å². The number of phosphoric ester groups is 2. The first-order valence-corrected chi connectivity index (χ1v) is 35.8. The summed E-state index contributed by atoms with van der Waals surface area (Å²) in [7, 11) is -10.1. The fraction of sp³-hybridized carbons (Fsp3) is 0.400. The number of benzene rings is 7. The second-order valence-electron chi connectivity index (χ2n) is 23.1. The van der Waals surface area contributed by atoms with Crippen LogP contribution < -0.4 is 0 Å². The molecule has 95 heavy (non-hydrogen) atoms. The second-order valence-corrected chi connectivity index (χ2v) is 26.4. The number of unbranched alkanes of at least 4 members (excludes halogenated alkanes) is 8. The van der Waals surface area contributed by atoms with Gasteiger partial charge in [-0.05, 0) is 51.8 Å². The smallest absolute Gasteiger partial charge is 0.462 e. The standard InChI is InChI=1S/C75H90O18P2/c1-3-5-7-9-32-48-67(76)81-57-66(90-68(77)49-33-10-8-6-4-2)58-89-95(80,88-56-65-46-30-17-31-47-65)93-74-70(83-51-60-36-20-12-21-37-60)72(91-75(78)85-53-62-40-24-14-25-41-62)69(82-50-59-34-18-11-19-35-59)73(71(74)84-52-61-38-22-13-23-39-61)92-94(79,86-54-63-42-26-15-27-43-63)87-55-64-44-28-16-29-45-64/h11-31,34-47,66,69-74H,3-10,32-33,48-58H2,1-2H3/t66-,69-,70-,71-,72-,73+,74-,95?/m1/s1. The van der Waals surface area contributed by atoms with E-state index < -0.39 is 89.7 Å². The van der Waals surface area contributed by atoms with Crippen molar-refractivity contribution in [3.05, 3.63) is 251 Å². The molecule has 0 bridgehead atoms. The number of carbonyl (C=O) groups excluding carboxylic acids is 3. The van der Waals surface area contributed by atoms with E-state index in [0.717, 1.165) is 51.4 Å². The molecule has 0 spiro atoms. The van der Waals surface area contributed by atoms with Gasteiger partial charge < -0.3 is 33.2 Å². The number of rotatable bonds is 43. The van der Waals surface area contributed by atoms with E-state index in [0.29, 0.717) is 51.8 Å². The van der Waals surface area contributed by atoms with Gasteiger partial charge in [-0.1, -0.05) is 278 Å². The van der Waals surface area contributed by atoms with Gasteiger partial charge in [0.2, 0.25) is 0 Å². The third-order valence-corrected chi connectivity index (χ3v) is 18.3. The Morgan fingerprint density at radius 3 is 1.02 bits per heavy atom. The molecule has 1 saturated carbocycles. The topological polar surface area (TPSA) is 205 Å². The van der Waals surface area contributed by atoms with Crippen LogP contribution in [0.3, 0.4) is 0 Å². The number of hydrogen-bond donors (Lipinski definition) is 0. The number of phosphoric acid groups is 2. The lowest BCUT2D eigenvalue weighted by molar-refractivity contribution is -0.258. The Morgan fingerprint density at radius 2 is 0.653 bits per heavy atom. The Bertz CT molecular complexity index is 3310. The molecule has 8 atom stereocenters. The van der Waals surface area contributed by atoms with E-state index in [9.17, 15) is 14.4 Å². The van der Waals surface area contributed by atoms with Gasteiger partial charge in [-0.3, -0.25) is 36.7 Å². The van der Waals surface area contributed by atoms with Crippen LogP contribution in [0.15, 0.2) is 212 Å². The predicted molar refractivity (Wildman–Crippen MR) is 359 cm³/mol. The maximum absolute atomic E-state index is 16.5. The molecule has 18 nitrogen and oxygen atoms in total. The van der Waals surface area contributed by atoms with Crippen LogP contribution in [0.4, 0.5) is 4.79 Å².